The molecule has 0 aliphatic carbocycles. The van der Waals surface area contributed by atoms with Crippen LogP contribution in [0.3, 0.4) is 0 Å². The van der Waals surface area contributed by atoms with Gasteiger partial charge in [-0.3, -0.25) is 14.4 Å². The Morgan fingerprint density at radius 3 is 0.944 bits per heavy atom. The van der Waals surface area contributed by atoms with E-state index in [1.54, 1.807) is 0 Å². The molecule has 0 aromatic carbocycles. The van der Waals surface area contributed by atoms with E-state index in [9.17, 15) is 14.4 Å². The molecule has 0 spiro atoms. The predicted molar refractivity (Wildman–Crippen MR) is 306 cm³/mol. The number of rotatable bonds is 51. The molecular weight excluding hydrogens is 877 g/mol. The molecule has 71 heavy (non-hydrogen) atoms. The summed E-state index contributed by atoms with van der Waals surface area (Å²) in [5.41, 5.74) is 0. The number of hydrogen-bond donors (Lipinski definition) is 0. The fourth-order valence-corrected chi connectivity index (χ4v) is 7.69. The molecule has 0 saturated carbocycles. The van der Waals surface area contributed by atoms with Crippen molar-refractivity contribution < 1.29 is 28.6 Å². The Hall–Kier alpha value is -4.19. The van der Waals surface area contributed by atoms with Crippen molar-refractivity contribution in [2.45, 2.75) is 258 Å². The van der Waals surface area contributed by atoms with Gasteiger partial charge < -0.3 is 14.2 Å². The third-order valence-corrected chi connectivity index (χ3v) is 12.0. The van der Waals surface area contributed by atoms with Gasteiger partial charge in [0, 0.05) is 19.3 Å². The Morgan fingerprint density at radius 1 is 0.296 bits per heavy atom. The van der Waals surface area contributed by atoms with Gasteiger partial charge >= 0.3 is 17.9 Å². The maximum atomic E-state index is 12.8. The molecule has 0 saturated heterocycles. The van der Waals surface area contributed by atoms with Crippen LogP contribution in [0.5, 0.6) is 0 Å². The lowest BCUT2D eigenvalue weighted by molar-refractivity contribution is -0.166. The summed E-state index contributed by atoms with van der Waals surface area (Å²) in [6, 6.07) is 0. The van der Waals surface area contributed by atoms with Crippen molar-refractivity contribution >= 4 is 17.9 Å². The van der Waals surface area contributed by atoms with Crippen molar-refractivity contribution in [1.29, 1.82) is 0 Å². The lowest BCUT2D eigenvalue weighted by atomic mass is 10.0. The molecule has 0 bridgehead atoms. The third-order valence-electron chi connectivity index (χ3n) is 12.0. The van der Waals surface area contributed by atoms with E-state index in [1.807, 2.05) is 6.08 Å². The van der Waals surface area contributed by atoms with Crippen LogP contribution in [-0.4, -0.2) is 37.2 Å². The summed E-state index contributed by atoms with van der Waals surface area (Å²) in [6.07, 6.45) is 80.6. The molecule has 0 aliphatic rings. The average molecular weight is 984 g/mol. The minimum Gasteiger partial charge on any atom is -0.462 e. The van der Waals surface area contributed by atoms with Crippen LogP contribution in [0.25, 0.3) is 0 Å². The summed E-state index contributed by atoms with van der Waals surface area (Å²) in [4.78, 5) is 38.1. The summed E-state index contributed by atoms with van der Waals surface area (Å²) in [5, 5.41) is 0. The quantitative estimate of drug-likeness (QED) is 0.0261. The molecule has 1 unspecified atom stereocenters. The lowest BCUT2D eigenvalue weighted by Crippen LogP contribution is -2.30. The Kier molecular flexibility index (Phi) is 54.9. The molecule has 0 aromatic heterocycles. The van der Waals surface area contributed by atoms with E-state index in [2.05, 4.69) is 136 Å². The van der Waals surface area contributed by atoms with Crippen LogP contribution in [-0.2, 0) is 28.6 Å². The molecular formula is C65H106O6. The van der Waals surface area contributed by atoms with Crippen LogP contribution in [0.15, 0.2) is 122 Å². The van der Waals surface area contributed by atoms with E-state index in [1.165, 1.54) is 89.9 Å². The van der Waals surface area contributed by atoms with E-state index in [4.69, 9.17) is 14.2 Å². The number of hydrogen-bond acceptors (Lipinski definition) is 6. The topological polar surface area (TPSA) is 78.9 Å². The molecule has 0 aromatic rings. The third kappa shape index (κ3) is 56.6. The second-order valence-electron chi connectivity index (χ2n) is 18.8. The van der Waals surface area contributed by atoms with E-state index in [0.717, 1.165) is 116 Å². The van der Waals surface area contributed by atoms with Crippen molar-refractivity contribution in [2.75, 3.05) is 13.2 Å². The Balaban J connectivity index is 4.42. The van der Waals surface area contributed by atoms with Gasteiger partial charge in [-0.1, -0.05) is 258 Å². The summed E-state index contributed by atoms with van der Waals surface area (Å²) in [5.74, 6) is -1.01. The van der Waals surface area contributed by atoms with Gasteiger partial charge in [0.15, 0.2) is 6.10 Å². The SMILES string of the molecule is CC/C=C\C/C=C\C/C=C\C/C=C\C/C=C\C/C=C\CCCCCCCCC(=O)OCC(COC(=O)CC/C=C\C/C=C\C/C=C\C/C=C\CC)OC(=O)CCCCCCCCCCCCCCCCC. The number of esters is 3. The predicted octanol–water partition coefficient (Wildman–Crippen LogP) is 19.6. The Bertz CT molecular complexity index is 1500. The molecule has 0 fully saturated rings. The van der Waals surface area contributed by atoms with Gasteiger partial charge in [-0.15, -0.1) is 0 Å². The Morgan fingerprint density at radius 2 is 0.577 bits per heavy atom. The van der Waals surface area contributed by atoms with Crippen molar-refractivity contribution in [3.63, 3.8) is 0 Å². The van der Waals surface area contributed by atoms with Crippen molar-refractivity contribution in [3.8, 4) is 0 Å². The second-order valence-corrected chi connectivity index (χ2v) is 18.8. The van der Waals surface area contributed by atoms with Gasteiger partial charge in [0.25, 0.3) is 0 Å². The van der Waals surface area contributed by atoms with Crippen LogP contribution in [0.2, 0.25) is 0 Å². The van der Waals surface area contributed by atoms with Crippen LogP contribution in [0.4, 0.5) is 0 Å². The standard InChI is InChI=1S/C65H106O6/c1-4-7-10-13-16-19-22-25-27-28-29-30-31-32-33-34-35-36-38-40-43-46-49-52-55-58-64(67)70-61-62(60-69-63(66)57-54-51-48-45-42-39-24-21-18-15-12-9-6-3)71-65(68)59-56-53-50-47-44-41-37-26-23-20-17-14-11-8-5-2/h7,9-10,12,16,18-19,21,25,27,29-30,32-33,35-36,39,42,48,51,62H,4-6,8,11,13-15,17,20,22-24,26,28,31,34,37-38,40-41,43-47,49-50,52-61H2,1-3H3/b10-7-,12-9-,19-16-,21-18-,27-25-,30-29-,33-32-,36-35-,42-39-,51-48-. The van der Waals surface area contributed by atoms with Gasteiger partial charge in [-0.05, 0) is 96.3 Å². The second kappa shape index (κ2) is 58.4. The minimum absolute atomic E-state index is 0.109. The number of carbonyl (C=O) groups is 3. The largest absolute Gasteiger partial charge is 0.462 e. The fraction of sp³-hybridized carbons (Fsp3) is 0.646. The van der Waals surface area contributed by atoms with Gasteiger partial charge in [-0.25, -0.2) is 0 Å². The van der Waals surface area contributed by atoms with Crippen molar-refractivity contribution in [3.05, 3.63) is 122 Å². The van der Waals surface area contributed by atoms with Gasteiger partial charge in [0.1, 0.15) is 13.2 Å². The molecule has 6 nitrogen and oxygen atoms in total. The van der Waals surface area contributed by atoms with Gasteiger partial charge in [-0.2, -0.15) is 0 Å². The first kappa shape index (κ1) is 66.8. The highest BCUT2D eigenvalue weighted by Crippen LogP contribution is 2.15. The average Bonchev–Trinajstić information content (AvgIpc) is 3.37. The lowest BCUT2D eigenvalue weighted by Gasteiger charge is -2.18. The van der Waals surface area contributed by atoms with Crippen LogP contribution >= 0.6 is 0 Å². The van der Waals surface area contributed by atoms with Crippen molar-refractivity contribution in [1.82, 2.24) is 0 Å². The van der Waals surface area contributed by atoms with Crippen LogP contribution < -0.4 is 0 Å². The monoisotopic (exact) mass is 983 g/mol. The first-order chi connectivity index (χ1) is 35.0. The van der Waals surface area contributed by atoms with Crippen molar-refractivity contribution in [2.24, 2.45) is 0 Å². The minimum atomic E-state index is -0.815. The van der Waals surface area contributed by atoms with Crippen LogP contribution in [0.1, 0.15) is 252 Å². The zero-order valence-electron chi connectivity index (χ0n) is 45.9. The molecule has 0 aliphatic heterocycles. The molecule has 402 valence electrons. The maximum absolute atomic E-state index is 12.8. The first-order valence-electron chi connectivity index (χ1n) is 29.0. The summed E-state index contributed by atoms with van der Waals surface area (Å²) >= 11 is 0. The smallest absolute Gasteiger partial charge is 0.306 e. The molecule has 0 N–H and O–H groups in total. The number of ether oxygens (including phenoxy) is 3. The first-order valence-corrected chi connectivity index (χ1v) is 29.0. The molecule has 0 heterocycles. The molecule has 0 rings (SSSR count). The van der Waals surface area contributed by atoms with E-state index in [-0.39, 0.29) is 37.5 Å². The highest BCUT2D eigenvalue weighted by Gasteiger charge is 2.19. The maximum Gasteiger partial charge on any atom is 0.306 e. The molecule has 6 heteroatoms. The van der Waals surface area contributed by atoms with E-state index < -0.39 is 6.10 Å². The highest BCUT2D eigenvalue weighted by atomic mass is 16.6. The zero-order valence-corrected chi connectivity index (χ0v) is 45.9. The molecule has 1 atom stereocenters. The number of unbranched alkanes of at least 4 members (excludes halogenated alkanes) is 20. The highest BCUT2D eigenvalue weighted by molar-refractivity contribution is 5.71. The fourth-order valence-electron chi connectivity index (χ4n) is 7.69. The molecule has 0 amide bonds. The number of carbonyl (C=O) groups excluding carboxylic acids is 3. The van der Waals surface area contributed by atoms with Gasteiger partial charge in [0.05, 0.1) is 0 Å². The summed E-state index contributed by atoms with van der Waals surface area (Å²) in [7, 11) is 0. The van der Waals surface area contributed by atoms with E-state index in [0.29, 0.717) is 19.3 Å². The van der Waals surface area contributed by atoms with Crippen LogP contribution in [0, 0.1) is 0 Å². The summed E-state index contributed by atoms with van der Waals surface area (Å²) in [6.45, 7) is 6.34. The molecule has 0 radical (unpaired) electrons. The number of allylic oxidation sites excluding steroid dienone is 20. The normalized spacial score (nSPS) is 13.0. The van der Waals surface area contributed by atoms with Gasteiger partial charge in [0.2, 0.25) is 0 Å². The zero-order chi connectivity index (χ0) is 51.4. The van der Waals surface area contributed by atoms with E-state index >= 15 is 0 Å². The Labute approximate surface area is 437 Å². The summed E-state index contributed by atoms with van der Waals surface area (Å²) < 4.78 is 16.8.